The van der Waals surface area contributed by atoms with Gasteiger partial charge in [-0.15, -0.1) is 0 Å². The maximum Gasteiger partial charge on any atom is 0.323 e. The van der Waals surface area contributed by atoms with Gasteiger partial charge in [-0.3, -0.25) is 4.79 Å². The third-order valence-electron chi connectivity index (χ3n) is 2.73. The van der Waals surface area contributed by atoms with Crippen LogP contribution in [-0.4, -0.2) is 20.4 Å². The zero-order chi connectivity index (χ0) is 16.9. The van der Waals surface area contributed by atoms with Gasteiger partial charge in [-0.2, -0.15) is 0 Å². The Morgan fingerprint density at radius 3 is 1.87 bits per heavy atom. The highest BCUT2D eigenvalue weighted by atomic mass is 32.2. The van der Waals surface area contributed by atoms with Crippen molar-refractivity contribution >= 4 is 33.3 Å². The fourth-order valence-electron chi connectivity index (χ4n) is 1.78. The first-order chi connectivity index (χ1) is 10.9. The van der Waals surface area contributed by atoms with E-state index >= 15 is 0 Å². The van der Waals surface area contributed by atoms with E-state index in [2.05, 4.69) is 10.6 Å². The average molecular weight is 333 g/mol. The predicted molar refractivity (Wildman–Crippen MR) is 86.5 cm³/mol. The van der Waals surface area contributed by atoms with Crippen LogP contribution in [0.2, 0.25) is 0 Å². The zero-order valence-corrected chi connectivity index (χ0v) is 13.1. The summed E-state index contributed by atoms with van der Waals surface area (Å²) in [4.78, 5) is 22.6. The minimum atomic E-state index is -3.88. The number of rotatable bonds is 4. The van der Waals surface area contributed by atoms with Crippen LogP contribution in [0.3, 0.4) is 0 Å². The van der Waals surface area contributed by atoms with Crippen molar-refractivity contribution in [2.75, 3.05) is 10.6 Å². The van der Waals surface area contributed by atoms with Crippen LogP contribution < -0.4 is 15.4 Å². The third-order valence-corrected chi connectivity index (χ3v) is 4.18. The summed E-state index contributed by atoms with van der Waals surface area (Å²) in [5.41, 5.74) is 1.05. The quantitative estimate of drug-likeness (QED) is 0.797. The number of nitrogens with one attached hydrogen (secondary N) is 3. The molecule has 0 aliphatic heterocycles. The van der Waals surface area contributed by atoms with Crippen molar-refractivity contribution in [2.24, 2.45) is 0 Å². The molecule has 2 rings (SSSR count). The molecule has 0 spiro atoms. The summed E-state index contributed by atoms with van der Waals surface area (Å²) < 4.78 is 25.4. The molecule has 0 saturated carbocycles. The molecule has 3 amide bonds. The Kier molecular flexibility index (Phi) is 4.97. The number of hydrogen-bond donors (Lipinski definition) is 3. The highest BCUT2D eigenvalue weighted by Gasteiger charge is 2.15. The molecule has 23 heavy (non-hydrogen) atoms. The second-order valence-corrected chi connectivity index (χ2v) is 6.31. The molecular weight excluding hydrogens is 318 g/mol. The summed E-state index contributed by atoms with van der Waals surface area (Å²) in [7, 11) is -3.88. The lowest BCUT2D eigenvalue weighted by atomic mass is 10.3. The number of carbonyl (C=O) groups is 2. The van der Waals surface area contributed by atoms with Crippen LogP contribution >= 0.6 is 0 Å². The highest BCUT2D eigenvalue weighted by molar-refractivity contribution is 7.90. The molecule has 0 bridgehead atoms. The standard InChI is InChI=1S/C15H15N3O4S/c1-11(19)18-23(21,22)14-9-7-13(8-10-14)17-15(20)16-12-5-3-2-4-6-12/h2-10H,1H3,(H,18,19)(H2,16,17,20). The van der Waals surface area contributed by atoms with Gasteiger partial charge < -0.3 is 10.6 Å². The van der Waals surface area contributed by atoms with Crippen LogP contribution in [0.5, 0.6) is 0 Å². The van der Waals surface area contributed by atoms with Crippen molar-refractivity contribution in [1.82, 2.24) is 4.72 Å². The molecule has 3 N–H and O–H groups in total. The summed E-state index contributed by atoms with van der Waals surface area (Å²) in [6, 6.07) is 13.9. The number of carbonyl (C=O) groups excluding carboxylic acids is 2. The van der Waals surface area contributed by atoms with Crippen molar-refractivity contribution in [3.05, 3.63) is 54.6 Å². The minimum absolute atomic E-state index is 0.0679. The fourth-order valence-corrected chi connectivity index (χ4v) is 2.77. The highest BCUT2D eigenvalue weighted by Crippen LogP contribution is 2.14. The minimum Gasteiger partial charge on any atom is -0.308 e. The van der Waals surface area contributed by atoms with Gasteiger partial charge in [-0.1, -0.05) is 18.2 Å². The van der Waals surface area contributed by atoms with Gasteiger partial charge in [0, 0.05) is 18.3 Å². The Labute approximate surface area is 133 Å². The van der Waals surface area contributed by atoms with Crippen molar-refractivity contribution < 1.29 is 18.0 Å². The van der Waals surface area contributed by atoms with E-state index in [0.717, 1.165) is 6.92 Å². The molecule has 120 valence electrons. The van der Waals surface area contributed by atoms with Crippen molar-refractivity contribution in [2.45, 2.75) is 11.8 Å². The molecule has 0 radical (unpaired) electrons. The van der Waals surface area contributed by atoms with E-state index in [4.69, 9.17) is 0 Å². The Morgan fingerprint density at radius 1 is 0.826 bits per heavy atom. The van der Waals surface area contributed by atoms with E-state index in [-0.39, 0.29) is 4.90 Å². The molecule has 8 heteroatoms. The van der Waals surface area contributed by atoms with E-state index in [1.807, 2.05) is 10.8 Å². The summed E-state index contributed by atoms with van der Waals surface area (Å²) in [6.07, 6.45) is 0. The first-order valence-electron chi connectivity index (χ1n) is 6.63. The number of hydrogen-bond acceptors (Lipinski definition) is 4. The van der Waals surface area contributed by atoms with Gasteiger partial charge in [-0.25, -0.2) is 17.9 Å². The normalized spacial score (nSPS) is 10.7. The van der Waals surface area contributed by atoms with Crippen molar-refractivity contribution in [3.63, 3.8) is 0 Å². The number of amides is 3. The molecule has 0 fully saturated rings. The maximum absolute atomic E-state index is 11.8. The largest absolute Gasteiger partial charge is 0.323 e. The number of benzene rings is 2. The summed E-state index contributed by atoms with van der Waals surface area (Å²) in [5, 5.41) is 5.21. The second kappa shape index (κ2) is 6.93. The van der Waals surface area contributed by atoms with Crippen LogP contribution in [0, 0.1) is 0 Å². The lowest BCUT2D eigenvalue weighted by Gasteiger charge is -2.09. The van der Waals surface area contributed by atoms with Gasteiger partial charge >= 0.3 is 6.03 Å². The van der Waals surface area contributed by atoms with E-state index in [0.29, 0.717) is 11.4 Å². The molecule has 0 saturated heterocycles. The van der Waals surface area contributed by atoms with Crippen LogP contribution in [0.1, 0.15) is 6.92 Å². The third kappa shape index (κ3) is 4.82. The molecule has 0 aliphatic carbocycles. The first kappa shape index (κ1) is 16.5. The maximum atomic E-state index is 11.8. The van der Waals surface area contributed by atoms with E-state index < -0.39 is 22.0 Å². The molecule has 2 aromatic rings. The number of para-hydroxylation sites is 1. The monoisotopic (exact) mass is 333 g/mol. The van der Waals surface area contributed by atoms with Gasteiger partial charge in [0.1, 0.15) is 0 Å². The summed E-state index contributed by atoms with van der Waals surface area (Å²) in [6.45, 7) is 1.11. The van der Waals surface area contributed by atoms with Crippen molar-refractivity contribution in [3.8, 4) is 0 Å². The van der Waals surface area contributed by atoms with Gasteiger partial charge in [0.2, 0.25) is 5.91 Å². The molecule has 7 nitrogen and oxygen atoms in total. The number of anilines is 2. The first-order valence-corrected chi connectivity index (χ1v) is 8.12. The zero-order valence-electron chi connectivity index (χ0n) is 12.2. The van der Waals surface area contributed by atoms with Crippen LogP contribution in [0.4, 0.5) is 16.2 Å². The van der Waals surface area contributed by atoms with Gasteiger partial charge in [-0.05, 0) is 36.4 Å². The van der Waals surface area contributed by atoms with E-state index in [1.54, 1.807) is 24.3 Å². The summed E-state index contributed by atoms with van der Waals surface area (Å²) in [5.74, 6) is -0.672. The summed E-state index contributed by atoms with van der Waals surface area (Å²) >= 11 is 0. The topological polar surface area (TPSA) is 104 Å². The lowest BCUT2D eigenvalue weighted by Crippen LogP contribution is -2.28. The molecule has 0 aromatic heterocycles. The van der Waals surface area contributed by atoms with Gasteiger partial charge in [0.25, 0.3) is 10.0 Å². The molecule has 0 aliphatic rings. The van der Waals surface area contributed by atoms with Gasteiger partial charge in [0.15, 0.2) is 0 Å². The van der Waals surface area contributed by atoms with Crippen molar-refractivity contribution in [1.29, 1.82) is 0 Å². The molecule has 0 unspecified atom stereocenters. The van der Waals surface area contributed by atoms with Crippen LogP contribution in [0.25, 0.3) is 0 Å². The predicted octanol–water partition coefficient (Wildman–Crippen LogP) is 2.16. The number of urea groups is 1. The Bertz CT molecular complexity index is 802. The molecular formula is C15H15N3O4S. The Hall–Kier alpha value is -2.87. The molecule has 0 heterocycles. The molecule has 0 atom stereocenters. The van der Waals surface area contributed by atoms with Crippen LogP contribution in [-0.2, 0) is 14.8 Å². The van der Waals surface area contributed by atoms with Crippen LogP contribution in [0.15, 0.2) is 59.5 Å². The molecule has 2 aromatic carbocycles. The second-order valence-electron chi connectivity index (χ2n) is 4.63. The number of sulfonamides is 1. The van der Waals surface area contributed by atoms with Gasteiger partial charge in [0.05, 0.1) is 4.90 Å². The SMILES string of the molecule is CC(=O)NS(=O)(=O)c1ccc(NC(=O)Nc2ccccc2)cc1. The lowest BCUT2D eigenvalue weighted by molar-refractivity contribution is -0.117. The van der Waals surface area contributed by atoms with E-state index in [9.17, 15) is 18.0 Å². The fraction of sp³-hybridized carbons (Fsp3) is 0.0667. The Morgan fingerprint density at radius 2 is 1.35 bits per heavy atom. The smallest absolute Gasteiger partial charge is 0.308 e. The average Bonchev–Trinajstić information content (AvgIpc) is 2.47. The Balaban J connectivity index is 2.03. The van der Waals surface area contributed by atoms with E-state index in [1.165, 1.54) is 24.3 Å².